The van der Waals surface area contributed by atoms with E-state index < -0.39 is 17.5 Å². The van der Waals surface area contributed by atoms with E-state index >= 15 is 0 Å². The number of aromatic nitrogens is 2. The summed E-state index contributed by atoms with van der Waals surface area (Å²) in [6.07, 6.45) is 2.78. The number of phenols is 1. The maximum atomic E-state index is 13.0. The zero-order valence-corrected chi connectivity index (χ0v) is 8.07. The van der Waals surface area contributed by atoms with E-state index in [9.17, 15) is 9.18 Å². The van der Waals surface area contributed by atoms with E-state index in [-0.39, 0.29) is 5.69 Å². The lowest BCUT2D eigenvalue weighted by molar-refractivity contribution is 0.102. The summed E-state index contributed by atoms with van der Waals surface area (Å²) in [7, 11) is 0. The van der Waals surface area contributed by atoms with Crippen LogP contribution in [-0.2, 0) is 0 Å². The molecule has 0 fully saturated rings. The molecular weight excluding hydrogens is 213 g/mol. The Hall–Kier alpha value is -2.37. The Balaban J connectivity index is 2.15. The maximum absolute atomic E-state index is 13.0. The molecule has 1 aromatic carbocycles. The minimum atomic E-state index is -0.787. The van der Waals surface area contributed by atoms with Crippen molar-refractivity contribution in [3.8, 4) is 5.75 Å². The molecule has 0 saturated carbocycles. The number of amides is 1. The Morgan fingerprint density at radius 2 is 2.31 bits per heavy atom. The van der Waals surface area contributed by atoms with Gasteiger partial charge in [0.1, 0.15) is 0 Å². The third kappa shape index (κ3) is 2.00. The molecule has 2 aromatic rings. The molecule has 3 N–H and O–H groups in total. The van der Waals surface area contributed by atoms with Crippen molar-refractivity contribution in [2.45, 2.75) is 0 Å². The molecule has 1 heterocycles. The van der Waals surface area contributed by atoms with Crippen LogP contribution in [0.15, 0.2) is 30.6 Å². The first-order valence-corrected chi connectivity index (χ1v) is 4.45. The minimum Gasteiger partial charge on any atom is -0.505 e. The average molecular weight is 221 g/mol. The Labute approximate surface area is 89.9 Å². The van der Waals surface area contributed by atoms with E-state index in [4.69, 9.17) is 5.11 Å². The van der Waals surface area contributed by atoms with E-state index in [2.05, 4.69) is 15.5 Å². The number of aromatic hydroxyl groups is 1. The van der Waals surface area contributed by atoms with Crippen LogP contribution >= 0.6 is 0 Å². The highest BCUT2D eigenvalue weighted by atomic mass is 19.1. The molecule has 0 bridgehead atoms. The summed E-state index contributed by atoms with van der Waals surface area (Å²) < 4.78 is 13.0. The molecule has 5 nitrogen and oxygen atoms in total. The van der Waals surface area contributed by atoms with Gasteiger partial charge in [0, 0.05) is 18.0 Å². The lowest BCUT2D eigenvalue weighted by Crippen LogP contribution is -2.10. The zero-order chi connectivity index (χ0) is 11.5. The van der Waals surface area contributed by atoms with Gasteiger partial charge in [-0.05, 0) is 12.1 Å². The lowest BCUT2D eigenvalue weighted by Gasteiger charge is -2.03. The molecule has 1 amide bonds. The smallest absolute Gasteiger partial charge is 0.258 e. The van der Waals surface area contributed by atoms with Crippen LogP contribution in [0.1, 0.15) is 10.4 Å². The molecule has 0 spiro atoms. The number of H-pyrrole nitrogens is 1. The number of carbonyl (C=O) groups is 1. The van der Waals surface area contributed by atoms with Crippen LogP contribution in [-0.4, -0.2) is 21.2 Å². The van der Waals surface area contributed by atoms with Crippen molar-refractivity contribution in [3.05, 3.63) is 42.0 Å². The monoisotopic (exact) mass is 221 g/mol. The number of phenolic OH excluding ortho intramolecular Hbond substituents is 1. The van der Waals surface area contributed by atoms with E-state index in [0.29, 0.717) is 5.56 Å². The Morgan fingerprint density at radius 1 is 1.50 bits per heavy atom. The second-order valence-electron chi connectivity index (χ2n) is 3.11. The average Bonchev–Trinajstić information content (AvgIpc) is 2.77. The van der Waals surface area contributed by atoms with Crippen molar-refractivity contribution in [1.82, 2.24) is 10.2 Å². The molecule has 0 radical (unpaired) electrons. The standard InChI is InChI=1S/C10H8FN3O2/c11-8-3-7(1-2-9(8)15)14-10(16)6-4-12-13-5-6/h1-5,15H,(H,12,13)(H,14,16). The minimum absolute atomic E-state index is 0.265. The maximum Gasteiger partial charge on any atom is 0.258 e. The van der Waals surface area contributed by atoms with Gasteiger partial charge in [0.05, 0.1) is 11.8 Å². The molecule has 0 aliphatic heterocycles. The van der Waals surface area contributed by atoms with E-state index in [0.717, 1.165) is 6.07 Å². The quantitative estimate of drug-likeness (QED) is 0.672. The SMILES string of the molecule is O=C(Nc1ccc(O)c(F)c1)c1cn[nH]c1. The predicted molar refractivity (Wildman–Crippen MR) is 54.6 cm³/mol. The third-order valence-electron chi connectivity index (χ3n) is 1.97. The van der Waals surface area contributed by atoms with Gasteiger partial charge in [-0.2, -0.15) is 5.10 Å². The number of carbonyl (C=O) groups excluding carboxylic acids is 1. The molecule has 0 atom stereocenters. The first-order chi connectivity index (χ1) is 7.66. The van der Waals surface area contributed by atoms with E-state index in [1.165, 1.54) is 24.5 Å². The topological polar surface area (TPSA) is 78.0 Å². The lowest BCUT2D eigenvalue weighted by atomic mass is 10.2. The van der Waals surface area contributed by atoms with E-state index in [1.807, 2.05) is 0 Å². The van der Waals surface area contributed by atoms with Gasteiger partial charge in [-0.25, -0.2) is 4.39 Å². The number of nitrogens with one attached hydrogen (secondary N) is 2. The molecule has 6 heteroatoms. The summed E-state index contributed by atoms with van der Waals surface area (Å²) in [5, 5.41) is 17.5. The third-order valence-corrected chi connectivity index (χ3v) is 1.97. The molecule has 1 aromatic heterocycles. The molecule has 0 saturated heterocycles. The summed E-state index contributed by atoms with van der Waals surface area (Å²) in [6, 6.07) is 3.60. The molecule has 82 valence electrons. The van der Waals surface area contributed by atoms with Gasteiger partial charge in [0.15, 0.2) is 11.6 Å². The van der Waals surface area contributed by atoms with Crippen LogP contribution in [0.3, 0.4) is 0 Å². The van der Waals surface area contributed by atoms with Crippen LogP contribution in [0.25, 0.3) is 0 Å². The molecule has 0 unspecified atom stereocenters. The van der Waals surface area contributed by atoms with Gasteiger partial charge in [-0.3, -0.25) is 9.89 Å². The molecule has 16 heavy (non-hydrogen) atoms. The first-order valence-electron chi connectivity index (χ1n) is 4.45. The second kappa shape index (κ2) is 4.01. The number of hydrogen-bond donors (Lipinski definition) is 3. The zero-order valence-electron chi connectivity index (χ0n) is 8.07. The number of halogens is 1. The number of benzene rings is 1. The first kappa shape index (κ1) is 10.2. The van der Waals surface area contributed by atoms with Gasteiger partial charge in [-0.1, -0.05) is 0 Å². The number of hydrogen-bond acceptors (Lipinski definition) is 3. The van der Waals surface area contributed by atoms with Crippen molar-refractivity contribution in [2.24, 2.45) is 0 Å². The predicted octanol–water partition coefficient (Wildman–Crippen LogP) is 1.51. The van der Waals surface area contributed by atoms with Gasteiger partial charge in [-0.15, -0.1) is 0 Å². The number of rotatable bonds is 2. The van der Waals surface area contributed by atoms with Crippen molar-refractivity contribution in [3.63, 3.8) is 0 Å². The summed E-state index contributed by atoms with van der Waals surface area (Å²) in [4.78, 5) is 11.5. The largest absolute Gasteiger partial charge is 0.505 e. The molecule has 2 rings (SSSR count). The van der Waals surface area contributed by atoms with Crippen molar-refractivity contribution < 1.29 is 14.3 Å². The van der Waals surface area contributed by atoms with Gasteiger partial charge < -0.3 is 10.4 Å². The van der Waals surface area contributed by atoms with Gasteiger partial charge in [0.2, 0.25) is 0 Å². The number of aromatic amines is 1. The fraction of sp³-hybridized carbons (Fsp3) is 0. The highest BCUT2D eigenvalue weighted by Gasteiger charge is 2.08. The number of anilines is 1. The second-order valence-corrected chi connectivity index (χ2v) is 3.11. The Kier molecular flexibility index (Phi) is 2.55. The number of nitrogens with zero attached hydrogens (tertiary/aromatic N) is 1. The Bertz CT molecular complexity index is 511. The van der Waals surface area contributed by atoms with Gasteiger partial charge in [0.25, 0.3) is 5.91 Å². The summed E-state index contributed by atoms with van der Waals surface area (Å²) in [6.45, 7) is 0. The van der Waals surface area contributed by atoms with Crippen LogP contribution < -0.4 is 5.32 Å². The van der Waals surface area contributed by atoms with Crippen LogP contribution in [0, 0.1) is 5.82 Å². The molecular formula is C10H8FN3O2. The van der Waals surface area contributed by atoms with Gasteiger partial charge >= 0.3 is 0 Å². The summed E-state index contributed by atoms with van der Waals surface area (Å²) in [5.41, 5.74) is 0.606. The molecule has 0 aliphatic rings. The Morgan fingerprint density at radius 3 is 2.94 bits per heavy atom. The normalized spacial score (nSPS) is 10.1. The summed E-state index contributed by atoms with van der Waals surface area (Å²) >= 11 is 0. The van der Waals surface area contributed by atoms with Crippen LogP contribution in [0.5, 0.6) is 5.75 Å². The fourth-order valence-electron chi connectivity index (χ4n) is 1.16. The van der Waals surface area contributed by atoms with Crippen molar-refractivity contribution in [2.75, 3.05) is 5.32 Å². The van der Waals surface area contributed by atoms with E-state index in [1.54, 1.807) is 0 Å². The van der Waals surface area contributed by atoms with Crippen molar-refractivity contribution in [1.29, 1.82) is 0 Å². The van der Waals surface area contributed by atoms with Crippen LogP contribution in [0.2, 0.25) is 0 Å². The fourth-order valence-corrected chi connectivity index (χ4v) is 1.16. The molecule has 0 aliphatic carbocycles. The van der Waals surface area contributed by atoms with Crippen molar-refractivity contribution >= 4 is 11.6 Å². The van der Waals surface area contributed by atoms with Crippen LogP contribution in [0.4, 0.5) is 10.1 Å². The highest BCUT2D eigenvalue weighted by Crippen LogP contribution is 2.19. The summed E-state index contributed by atoms with van der Waals surface area (Å²) in [5.74, 6) is -1.65. The highest BCUT2D eigenvalue weighted by molar-refractivity contribution is 6.03.